The summed E-state index contributed by atoms with van der Waals surface area (Å²) < 4.78 is 56.2. The molecule has 0 bridgehead atoms. The lowest BCUT2D eigenvalue weighted by Gasteiger charge is -2.52. The number of aliphatic hydroxyl groups excluding tert-OH is 1. The Kier molecular flexibility index (Phi) is 5.10. The molecule has 1 aromatic heterocycles. The standard InChI is InChI=1S/C25H26F4N2O2/c1-2-23-13-22(32)24(33,25(27,28)29)12-17(23)5-3-4-15-11-21-16(10-20(15)23)14-30-31(21)19-8-6-18(26)7-9-19/h6-11,14,17,22,32-33H,2-5,12-13H2,1H3/t17-,22+,23+,24-/m1/s1. The molecule has 4 nitrogen and oxygen atoms in total. The second-order valence-electron chi connectivity index (χ2n) is 9.55. The molecule has 0 radical (unpaired) electrons. The smallest absolute Gasteiger partial charge is 0.390 e. The molecule has 5 rings (SSSR count). The van der Waals surface area contributed by atoms with Crippen molar-refractivity contribution in [3.63, 3.8) is 0 Å². The number of halogens is 4. The lowest BCUT2D eigenvalue weighted by Crippen LogP contribution is -2.62. The second kappa shape index (κ2) is 7.53. The first kappa shape index (κ1) is 22.3. The van der Waals surface area contributed by atoms with Gasteiger partial charge in [0.15, 0.2) is 5.60 Å². The van der Waals surface area contributed by atoms with Crippen LogP contribution in [-0.2, 0) is 11.8 Å². The molecule has 0 saturated heterocycles. The molecular weight excluding hydrogens is 436 g/mol. The summed E-state index contributed by atoms with van der Waals surface area (Å²) in [6, 6.07) is 10.0. The first-order chi connectivity index (χ1) is 15.6. The summed E-state index contributed by atoms with van der Waals surface area (Å²) in [7, 11) is 0. The molecular formula is C25H26F4N2O2. The van der Waals surface area contributed by atoms with Gasteiger partial charge < -0.3 is 10.2 Å². The summed E-state index contributed by atoms with van der Waals surface area (Å²) in [5.74, 6) is -0.738. The van der Waals surface area contributed by atoms with E-state index in [2.05, 4.69) is 5.10 Å². The van der Waals surface area contributed by atoms with Crippen molar-refractivity contribution in [1.29, 1.82) is 0 Å². The van der Waals surface area contributed by atoms with E-state index in [-0.39, 0.29) is 12.2 Å². The number of aliphatic hydroxyl groups is 2. The molecule has 2 N–H and O–H groups in total. The van der Waals surface area contributed by atoms with Crippen LogP contribution in [0, 0.1) is 11.7 Å². The number of aryl methyl sites for hydroxylation is 1. The van der Waals surface area contributed by atoms with Gasteiger partial charge in [-0.3, -0.25) is 0 Å². The maximum atomic E-state index is 13.7. The fourth-order valence-electron chi connectivity index (χ4n) is 6.14. The molecule has 4 atom stereocenters. The van der Waals surface area contributed by atoms with Crippen LogP contribution in [0.1, 0.15) is 50.2 Å². The Morgan fingerprint density at radius 3 is 2.55 bits per heavy atom. The lowest BCUT2D eigenvalue weighted by atomic mass is 9.55. The fourth-order valence-corrected chi connectivity index (χ4v) is 6.14. The van der Waals surface area contributed by atoms with Gasteiger partial charge in [-0.2, -0.15) is 18.3 Å². The Bertz CT molecular complexity index is 1190. The third kappa shape index (κ3) is 3.29. The van der Waals surface area contributed by atoms with Crippen LogP contribution in [0.2, 0.25) is 0 Å². The van der Waals surface area contributed by atoms with Crippen molar-refractivity contribution in [2.75, 3.05) is 0 Å². The van der Waals surface area contributed by atoms with Gasteiger partial charge in [-0.1, -0.05) is 6.92 Å². The number of fused-ring (bicyclic) bond motifs is 4. The predicted molar refractivity (Wildman–Crippen MR) is 116 cm³/mol. The fraction of sp³-hybridized carbons (Fsp3) is 0.480. The summed E-state index contributed by atoms with van der Waals surface area (Å²) in [6.07, 6.45) is -3.22. The number of alkyl halides is 3. The number of rotatable bonds is 2. The Hall–Kier alpha value is -2.45. The third-order valence-corrected chi connectivity index (χ3v) is 7.97. The van der Waals surface area contributed by atoms with Gasteiger partial charge >= 0.3 is 6.18 Å². The van der Waals surface area contributed by atoms with Crippen molar-refractivity contribution >= 4 is 10.9 Å². The normalized spacial score (nSPS) is 30.0. The van der Waals surface area contributed by atoms with Crippen LogP contribution in [0.5, 0.6) is 0 Å². The highest BCUT2D eigenvalue weighted by molar-refractivity contribution is 5.82. The largest absolute Gasteiger partial charge is 0.419 e. The number of benzene rings is 2. The molecule has 1 fully saturated rings. The Morgan fingerprint density at radius 1 is 1.15 bits per heavy atom. The van der Waals surface area contributed by atoms with Crippen LogP contribution in [0.25, 0.3) is 16.6 Å². The van der Waals surface area contributed by atoms with Gasteiger partial charge in [0.2, 0.25) is 0 Å². The van der Waals surface area contributed by atoms with Crippen molar-refractivity contribution in [1.82, 2.24) is 9.78 Å². The zero-order chi connectivity index (χ0) is 23.6. The van der Waals surface area contributed by atoms with E-state index < -0.39 is 35.6 Å². The van der Waals surface area contributed by atoms with E-state index in [1.165, 1.54) is 12.1 Å². The third-order valence-electron chi connectivity index (χ3n) is 7.97. The number of hydrogen-bond acceptors (Lipinski definition) is 3. The van der Waals surface area contributed by atoms with Crippen LogP contribution in [0.4, 0.5) is 17.6 Å². The molecule has 0 aliphatic heterocycles. The minimum absolute atomic E-state index is 0.144. The molecule has 2 aliphatic carbocycles. The van der Waals surface area contributed by atoms with E-state index in [4.69, 9.17) is 0 Å². The van der Waals surface area contributed by atoms with Crippen LogP contribution in [-0.4, -0.2) is 37.9 Å². The molecule has 176 valence electrons. The van der Waals surface area contributed by atoms with Gasteiger partial charge in [-0.15, -0.1) is 0 Å². The van der Waals surface area contributed by atoms with Crippen LogP contribution in [0.3, 0.4) is 0 Å². The van der Waals surface area contributed by atoms with Gasteiger partial charge in [-0.05, 0) is 92.0 Å². The van der Waals surface area contributed by atoms with E-state index in [1.54, 1.807) is 23.0 Å². The predicted octanol–water partition coefficient (Wildman–Crippen LogP) is 5.21. The highest BCUT2D eigenvalue weighted by atomic mass is 19.4. The summed E-state index contributed by atoms with van der Waals surface area (Å²) in [6.45, 7) is 1.94. The second-order valence-corrected chi connectivity index (χ2v) is 9.55. The van der Waals surface area contributed by atoms with Gasteiger partial charge in [0.25, 0.3) is 0 Å². The van der Waals surface area contributed by atoms with E-state index >= 15 is 0 Å². The molecule has 0 spiro atoms. The van der Waals surface area contributed by atoms with Crippen molar-refractivity contribution in [2.24, 2.45) is 5.92 Å². The van der Waals surface area contributed by atoms with Crippen LogP contribution >= 0.6 is 0 Å². The zero-order valence-corrected chi connectivity index (χ0v) is 18.2. The molecule has 0 unspecified atom stereocenters. The zero-order valence-electron chi connectivity index (χ0n) is 18.2. The van der Waals surface area contributed by atoms with E-state index in [9.17, 15) is 27.8 Å². The van der Waals surface area contributed by atoms with Crippen LogP contribution in [0.15, 0.2) is 42.6 Å². The molecule has 3 aromatic rings. The number of hydrogen-bond donors (Lipinski definition) is 2. The average Bonchev–Trinajstić information content (AvgIpc) is 3.11. The molecule has 33 heavy (non-hydrogen) atoms. The van der Waals surface area contributed by atoms with Crippen LogP contribution < -0.4 is 0 Å². The Balaban J connectivity index is 1.64. The van der Waals surface area contributed by atoms with Crippen molar-refractivity contribution in [2.45, 2.75) is 68.7 Å². The number of aromatic nitrogens is 2. The quantitative estimate of drug-likeness (QED) is 0.514. The molecule has 0 amide bonds. The molecule has 2 aromatic carbocycles. The summed E-state index contributed by atoms with van der Waals surface area (Å²) in [5.41, 5.74) is -0.213. The molecule has 8 heteroatoms. The molecule has 1 saturated carbocycles. The first-order valence-corrected chi connectivity index (χ1v) is 11.3. The Labute approximate surface area is 188 Å². The molecule has 2 aliphatic rings. The maximum Gasteiger partial charge on any atom is 0.419 e. The van der Waals surface area contributed by atoms with E-state index in [0.717, 1.165) is 22.0 Å². The van der Waals surface area contributed by atoms with E-state index in [1.807, 2.05) is 19.1 Å². The van der Waals surface area contributed by atoms with Crippen molar-refractivity contribution in [3.8, 4) is 5.69 Å². The minimum Gasteiger partial charge on any atom is -0.390 e. The molecule has 1 heterocycles. The highest BCUT2D eigenvalue weighted by Gasteiger charge is 2.65. The monoisotopic (exact) mass is 462 g/mol. The first-order valence-electron chi connectivity index (χ1n) is 11.3. The maximum absolute atomic E-state index is 13.7. The number of nitrogens with zero attached hydrogens (tertiary/aromatic N) is 2. The SMILES string of the molecule is CC[C@]12C[C@H](O)[C@@](O)(C(F)(F)F)C[C@H]1CCCc1cc3c(cnn3-c3ccc(F)cc3)cc12. The van der Waals surface area contributed by atoms with Gasteiger partial charge in [0, 0.05) is 10.8 Å². The summed E-state index contributed by atoms with van der Waals surface area (Å²) in [4.78, 5) is 0. The van der Waals surface area contributed by atoms with Crippen molar-refractivity contribution < 1.29 is 27.8 Å². The van der Waals surface area contributed by atoms with Gasteiger partial charge in [0.1, 0.15) is 5.82 Å². The lowest BCUT2D eigenvalue weighted by molar-refractivity contribution is -0.310. The van der Waals surface area contributed by atoms with E-state index in [0.29, 0.717) is 31.4 Å². The summed E-state index contributed by atoms with van der Waals surface area (Å²) >= 11 is 0. The minimum atomic E-state index is -4.89. The summed E-state index contributed by atoms with van der Waals surface area (Å²) in [5, 5.41) is 26.4. The Morgan fingerprint density at radius 2 is 1.88 bits per heavy atom. The van der Waals surface area contributed by atoms with Gasteiger partial charge in [-0.25, -0.2) is 9.07 Å². The van der Waals surface area contributed by atoms with Gasteiger partial charge in [0.05, 0.1) is 23.5 Å². The average molecular weight is 462 g/mol. The highest BCUT2D eigenvalue weighted by Crippen LogP contribution is 2.57. The van der Waals surface area contributed by atoms with Crippen molar-refractivity contribution in [3.05, 3.63) is 59.5 Å². The topological polar surface area (TPSA) is 58.3 Å².